The summed E-state index contributed by atoms with van der Waals surface area (Å²) >= 11 is 0. The standard InChI is InChI=1S/C67H120O6/c1-4-7-10-13-16-19-22-25-27-29-31-33-35-37-39-42-45-48-51-54-57-60-66(69)72-63-64(62-71-65(68)59-56-53-50-47-44-41-24-21-18-15-12-9-6-3)73-67(70)61-58-55-52-49-46-43-40-38-36-34-32-30-28-26-23-20-17-14-11-8-5-2/h7,10,16,19,25,27,30-33,64H,4-6,8-9,11-15,17-18,20-24,26,28-29,34-63H2,1-3H3/b10-7-,19-16-,27-25-,32-30-,33-31-. The van der Waals surface area contributed by atoms with Crippen molar-refractivity contribution in [2.24, 2.45) is 0 Å². The van der Waals surface area contributed by atoms with Crippen LogP contribution in [0.2, 0.25) is 0 Å². The predicted molar refractivity (Wildman–Crippen MR) is 316 cm³/mol. The summed E-state index contributed by atoms with van der Waals surface area (Å²) in [5.41, 5.74) is 0. The van der Waals surface area contributed by atoms with Crippen molar-refractivity contribution in [3.63, 3.8) is 0 Å². The molecule has 0 saturated heterocycles. The first kappa shape index (κ1) is 70.1. The molecule has 0 rings (SSSR count). The van der Waals surface area contributed by atoms with E-state index >= 15 is 0 Å². The largest absolute Gasteiger partial charge is 0.462 e. The number of unbranched alkanes of at least 4 members (excludes halogenated alkanes) is 37. The van der Waals surface area contributed by atoms with Gasteiger partial charge in [0.25, 0.3) is 0 Å². The lowest BCUT2D eigenvalue weighted by Gasteiger charge is -2.18. The second kappa shape index (κ2) is 61.7. The molecular formula is C67H120O6. The molecule has 0 fully saturated rings. The van der Waals surface area contributed by atoms with Gasteiger partial charge < -0.3 is 14.2 Å². The first-order chi connectivity index (χ1) is 36.0. The van der Waals surface area contributed by atoms with Gasteiger partial charge in [0.1, 0.15) is 13.2 Å². The van der Waals surface area contributed by atoms with Gasteiger partial charge in [-0.1, -0.05) is 287 Å². The van der Waals surface area contributed by atoms with Crippen LogP contribution >= 0.6 is 0 Å². The number of allylic oxidation sites excluding steroid dienone is 10. The molecule has 0 spiro atoms. The zero-order chi connectivity index (χ0) is 52.9. The van der Waals surface area contributed by atoms with Crippen LogP contribution in [0.15, 0.2) is 60.8 Å². The molecule has 0 saturated carbocycles. The summed E-state index contributed by atoms with van der Waals surface area (Å²) in [5, 5.41) is 0. The first-order valence-corrected chi connectivity index (χ1v) is 31.8. The molecule has 0 amide bonds. The van der Waals surface area contributed by atoms with Crippen LogP contribution < -0.4 is 0 Å². The van der Waals surface area contributed by atoms with E-state index in [4.69, 9.17) is 14.2 Å². The van der Waals surface area contributed by atoms with Crippen LogP contribution in [0.4, 0.5) is 0 Å². The van der Waals surface area contributed by atoms with Crippen LogP contribution in [0.5, 0.6) is 0 Å². The normalized spacial score (nSPS) is 12.4. The molecule has 0 aliphatic rings. The van der Waals surface area contributed by atoms with Crippen molar-refractivity contribution < 1.29 is 28.6 Å². The van der Waals surface area contributed by atoms with Gasteiger partial charge >= 0.3 is 17.9 Å². The van der Waals surface area contributed by atoms with E-state index in [2.05, 4.69) is 81.5 Å². The molecule has 0 aliphatic carbocycles. The number of carbonyl (C=O) groups is 3. The summed E-state index contributed by atoms with van der Waals surface area (Å²) in [5.74, 6) is -0.867. The molecule has 0 bridgehead atoms. The molecule has 0 aromatic rings. The molecule has 424 valence electrons. The van der Waals surface area contributed by atoms with Crippen molar-refractivity contribution in [2.45, 2.75) is 335 Å². The van der Waals surface area contributed by atoms with Crippen molar-refractivity contribution in [1.29, 1.82) is 0 Å². The molecule has 0 heterocycles. The number of ether oxygens (including phenoxy) is 3. The van der Waals surface area contributed by atoms with E-state index in [1.54, 1.807) is 0 Å². The van der Waals surface area contributed by atoms with Gasteiger partial charge in [0.2, 0.25) is 0 Å². The summed E-state index contributed by atoms with van der Waals surface area (Å²) in [4.78, 5) is 38.3. The highest BCUT2D eigenvalue weighted by molar-refractivity contribution is 5.71. The summed E-state index contributed by atoms with van der Waals surface area (Å²) < 4.78 is 16.9. The molecule has 0 N–H and O–H groups in total. The van der Waals surface area contributed by atoms with Crippen LogP contribution in [0.1, 0.15) is 329 Å². The van der Waals surface area contributed by atoms with E-state index in [9.17, 15) is 14.4 Å². The Kier molecular flexibility index (Phi) is 59.2. The van der Waals surface area contributed by atoms with E-state index in [0.29, 0.717) is 19.3 Å². The second-order valence-electron chi connectivity index (χ2n) is 21.3. The molecule has 0 aromatic heterocycles. The number of carbonyl (C=O) groups excluding carboxylic acids is 3. The quantitative estimate of drug-likeness (QED) is 0.0261. The number of esters is 3. The SMILES string of the molecule is CC/C=C\C/C=C\C/C=C\C/C=C\CCCCCCCCCCC(=O)OCC(COC(=O)CCCCCCCCCCCCCCC)OC(=O)CCCCCCCCCCC/C=C\CCCCCCCCCC. The number of rotatable bonds is 58. The minimum absolute atomic E-state index is 0.0741. The van der Waals surface area contributed by atoms with E-state index in [1.165, 1.54) is 199 Å². The molecule has 1 atom stereocenters. The Hall–Kier alpha value is -2.89. The second-order valence-corrected chi connectivity index (χ2v) is 21.3. The van der Waals surface area contributed by atoms with Crippen molar-refractivity contribution in [1.82, 2.24) is 0 Å². The topological polar surface area (TPSA) is 78.9 Å². The fourth-order valence-corrected chi connectivity index (χ4v) is 9.25. The Morgan fingerprint density at radius 3 is 0.849 bits per heavy atom. The van der Waals surface area contributed by atoms with E-state index in [-0.39, 0.29) is 31.1 Å². The first-order valence-electron chi connectivity index (χ1n) is 31.8. The minimum Gasteiger partial charge on any atom is -0.462 e. The lowest BCUT2D eigenvalue weighted by Crippen LogP contribution is -2.30. The van der Waals surface area contributed by atoms with E-state index in [1.807, 2.05) is 0 Å². The maximum Gasteiger partial charge on any atom is 0.306 e. The van der Waals surface area contributed by atoms with Gasteiger partial charge in [-0.2, -0.15) is 0 Å². The van der Waals surface area contributed by atoms with Gasteiger partial charge in [-0.05, 0) is 83.5 Å². The zero-order valence-corrected chi connectivity index (χ0v) is 48.7. The Balaban J connectivity index is 4.33. The van der Waals surface area contributed by atoms with Crippen molar-refractivity contribution in [3.05, 3.63) is 60.8 Å². The fraction of sp³-hybridized carbons (Fsp3) is 0.806. The number of hydrogen-bond donors (Lipinski definition) is 0. The molecule has 6 nitrogen and oxygen atoms in total. The summed E-state index contributed by atoms with van der Waals surface area (Å²) in [6, 6.07) is 0. The van der Waals surface area contributed by atoms with E-state index < -0.39 is 6.10 Å². The third-order valence-corrected chi connectivity index (χ3v) is 14.0. The molecule has 1 unspecified atom stereocenters. The highest BCUT2D eigenvalue weighted by Gasteiger charge is 2.19. The van der Waals surface area contributed by atoms with Gasteiger partial charge in [0, 0.05) is 19.3 Å². The Morgan fingerprint density at radius 2 is 0.534 bits per heavy atom. The van der Waals surface area contributed by atoms with Gasteiger partial charge in [0.15, 0.2) is 6.10 Å². The van der Waals surface area contributed by atoms with Crippen LogP contribution in [0.25, 0.3) is 0 Å². The summed E-state index contributed by atoms with van der Waals surface area (Å²) in [7, 11) is 0. The monoisotopic (exact) mass is 1020 g/mol. The molecule has 0 aliphatic heterocycles. The van der Waals surface area contributed by atoms with Crippen molar-refractivity contribution in [3.8, 4) is 0 Å². The van der Waals surface area contributed by atoms with E-state index in [0.717, 1.165) is 89.9 Å². The molecule has 0 aromatic carbocycles. The Morgan fingerprint density at radius 1 is 0.288 bits per heavy atom. The highest BCUT2D eigenvalue weighted by atomic mass is 16.6. The number of hydrogen-bond acceptors (Lipinski definition) is 6. The third kappa shape index (κ3) is 59.9. The van der Waals surface area contributed by atoms with Gasteiger partial charge in [-0.3, -0.25) is 14.4 Å². The average Bonchev–Trinajstić information content (AvgIpc) is 3.39. The Labute approximate surface area is 453 Å². The van der Waals surface area contributed by atoms with Gasteiger partial charge in [-0.25, -0.2) is 0 Å². The highest BCUT2D eigenvalue weighted by Crippen LogP contribution is 2.17. The predicted octanol–water partition coefficient (Wildman–Crippen LogP) is 21.6. The lowest BCUT2D eigenvalue weighted by molar-refractivity contribution is -0.167. The smallest absolute Gasteiger partial charge is 0.306 e. The lowest BCUT2D eigenvalue weighted by atomic mass is 10.0. The van der Waals surface area contributed by atoms with Gasteiger partial charge in [0.05, 0.1) is 0 Å². The summed E-state index contributed by atoms with van der Waals surface area (Å²) in [6.45, 7) is 6.56. The summed E-state index contributed by atoms with van der Waals surface area (Å²) in [6.07, 6.45) is 77.9. The zero-order valence-electron chi connectivity index (χ0n) is 48.7. The Bertz CT molecular complexity index is 1310. The van der Waals surface area contributed by atoms with Crippen LogP contribution in [0, 0.1) is 0 Å². The maximum absolute atomic E-state index is 12.9. The van der Waals surface area contributed by atoms with Crippen LogP contribution in [-0.2, 0) is 28.6 Å². The van der Waals surface area contributed by atoms with Crippen LogP contribution in [0.3, 0.4) is 0 Å². The molecule has 6 heteroatoms. The molecule has 0 radical (unpaired) electrons. The van der Waals surface area contributed by atoms with Gasteiger partial charge in [-0.15, -0.1) is 0 Å². The average molecular weight is 1020 g/mol. The van der Waals surface area contributed by atoms with Crippen molar-refractivity contribution in [2.75, 3.05) is 13.2 Å². The third-order valence-electron chi connectivity index (χ3n) is 14.0. The molecular weight excluding hydrogens is 901 g/mol. The molecule has 73 heavy (non-hydrogen) atoms. The van der Waals surface area contributed by atoms with Crippen molar-refractivity contribution >= 4 is 17.9 Å². The maximum atomic E-state index is 12.9. The minimum atomic E-state index is -0.777. The fourth-order valence-electron chi connectivity index (χ4n) is 9.25. The van der Waals surface area contributed by atoms with Crippen LogP contribution in [-0.4, -0.2) is 37.2 Å².